The Morgan fingerprint density at radius 3 is 2.54 bits per heavy atom. The van der Waals surface area contributed by atoms with Crippen LogP contribution in [0.4, 0.5) is 8.78 Å². The maximum atomic E-state index is 12.2. The van der Waals surface area contributed by atoms with Gasteiger partial charge < -0.3 is 15.0 Å². The second-order valence-corrected chi connectivity index (χ2v) is 5.42. The molecule has 0 bridgehead atoms. The monoisotopic (exact) mass is 476 g/mol. The van der Waals surface area contributed by atoms with Crippen molar-refractivity contribution in [2.45, 2.75) is 19.6 Å². The van der Waals surface area contributed by atoms with Gasteiger partial charge in [0.15, 0.2) is 5.96 Å². The molecule has 2 aromatic rings. The summed E-state index contributed by atoms with van der Waals surface area (Å²) in [6.45, 7) is -1.50. The first-order valence-corrected chi connectivity index (χ1v) is 7.94. The van der Waals surface area contributed by atoms with Crippen LogP contribution in [0, 0.1) is 0 Å². The molecular formula is C18H23F2IN4O. The van der Waals surface area contributed by atoms with Crippen molar-refractivity contribution in [2.24, 2.45) is 4.99 Å². The summed E-state index contributed by atoms with van der Waals surface area (Å²) in [6.07, 6.45) is 2.57. The summed E-state index contributed by atoms with van der Waals surface area (Å²) in [4.78, 5) is 10.5. The quantitative estimate of drug-likeness (QED) is 0.378. The number of aromatic nitrogens is 1. The van der Waals surface area contributed by atoms with E-state index in [2.05, 4.69) is 20.0 Å². The molecule has 5 nitrogen and oxygen atoms in total. The maximum Gasteiger partial charge on any atom is 0.387 e. The van der Waals surface area contributed by atoms with E-state index in [0.717, 1.165) is 30.2 Å². The van der Waals surface area contributed by atoms with Gasteiger partial charge in [-0.3, -0.25) is 9.98 Å². The molecule has 1 aromatic heterocycles. The third kappa shape index (κ3) is 7.51. The molecule has 0 fully saturated rings. The maximum absolute atomic E-state index is 12.2. The van der Waals surface area contributed by atoms with E-state index < -0.39 is 6.61 Å². The first kappa shape index (κ1) is 22.1. The highest BCUT2D eigenvalue weighted by Crippen LogP contribution is 2.15. The molecule has 1 aromatic carbocycles. The van der Waals surface area contributed by atoms with Crippen molar-refractivity contribution >= 4 is 29.9 Å². The number of guanidine groups is 1. The molecule has 0 aliphatic heterocycles. The fourth-order valence-corrected chi connectivity index (χ4v) is 2.36. The average molecular weight is 476 g/mol. The van der Waals surface area contributed by atoms with Gasteiger partial charge in [0.25, 0.3) is 0 Å². The lowest BCUT2D eigenvalue weighted by Gasteiger charge is -2.22. The Bertz CT molecular complexity index is 669. The van der Waals surface area contributed by atoms with Gasteiger partial charge in [-0.25, -0.2) is 0 Å². The topological polar surface area (TPSA) is 49.8 Å². The summed E-state index contributed by atoms with van der Waals surface area (Å²) in [7, 11) is 3.64. The molecule has 1 heterocycles. The molecule has 0 atom stereocenters. The zero-order valence-corrected chi connectivity index (χ0v) is 17.1. The van der Waals surface area contributed by atoms with Gasteiger partial charge in [0.05, 0.1) is 0 Å². The smallest absolute Gasteiger partial charge is 0.387 e. The highest BCUT2D eigenvalue weighted by molar-refractivity contribution is 14.0. The summed E-state index contributed by atoms with van der Waals surface area (Å²) < 4.78 is 28.7. The largest absolute Gasteiger partial charge is 0.435 e. The lowest BCUT2D eigenvalue weighted by molar-refractivity contribution is -0.0498. The van der Waals surface area contributed by atoms with Gasteiger partial charge in [-0.15, -0.1) is 24.0 Å². The third-order valence-electron chi connectivity index (χ3n) is 3.53. The van der Waals surface area contributed by atoms with Crippen LogP contribution >= 0.6 is 24.0 Å². The van der Waals surface area contributed by atoms with Gasteiger partial charge in [-0.05, 0) is 29.8 Å². The molecule has 8 heteroatoms. The summed E-state index contributed by atoms with van der Waals surface area (Å²) in [5, 5.41) is 3.29. The first-order valence-electron chi connectivity index (χ1n) is 7.94. The first-order chi connectivity index (χ1) is 12.1. The van der Waals surface area contributed by atoms with E-state index in [1.54, 1.807) is 25.4 Å². The zero-order valence-electron chi connectivity index (χ0n) is 14.7. The van der Waals surface area contributed by atoms with Crippen LogP contribution in [0.15, 0.2) is 53.7 Å². The number of hydrogen-bond acceptors (Lipinski definition) is 3. The predicted molar refractivity (Wildman–Crippen MR) is 109 cm³/mol. The molecule has 142 valence electrons. The van der Waals surface area contributed by atoms with Crippen molar-refractivity contribution in [3.63, 3.8) is 0 Å². The molecule has 0 aliphatic rings. The van der Waals surface area contributed by atoms with Crippen LogP contribution < -0.4 is 10.1 Å². The van der Waals surface area contributed by atoms with E-state index in [1.165, 1.54) is 12.1 Å². The van der Waals surface area contributed by atoms with E-state index in [1.807, 2.05) is 30.1 Å². The standard InChI is InChI=1S/C18H22F2N4O.HI/c1-21-18(23-12-10-15-5-3-4-11-22-15)24(2)13-14-6-8-16(9-7-14)25-17(19)20;/h3-9,11,17H,10,12-13H2,1-2H3,(H,21,23);1H. The molecule has 0 amide bonds. The van der Waals surface area contributed by atoms with Crippen LogP contribution in [0.5, 0.6) is 5.75 Å². The van der Waals surface area contributed by atoms with Crippen molar-refractivity contribution in [3.05, 3.63) is 59.9 Å². The second kappa shape index (κ2) is 11.6. The number of pyridine rings is 1. The lowest BCUT2D eigenvalue weighted by atomic mass is 10.2. The number of aliphatic imine (C=N–C) groups is 1. The minimum absolute atomic E-state index is 0. The predicted octanol–water partition coefficient (Wildman–Crippen LogP) is 3.55. The Hall–Kier alpha value is -1.97. The Morgan fingerprint density at radius 2 is 1.96 bits per heavy atom. The number of nitrogens with zero attached hydrogens (tertiary/aromatic N) is 3. The zero-order chi connectivity index (χ0) is 18.1. The number of benzene rings is 1. The Labute approximate surface area is 169 Å². The van der Waals surface area contributed by atoms with Crippen molar-refractivity contribution in [2.75, 3.05) is 20.6 Å². The van der Waals surface area contributed by atoms with E-state index in [0.29, 0.717) is 6.54 Å². The Kier molecular flexibility index (Phi) is 9.85. The fraction of sp³-hybridized carbons (Fsp3) is 0.333. The van der Waals surface area contributed by atoms with Crippen molar-refractivity contribution < 1.29 is 13.5 Å². The third-order valence-corrected chi connectivity index (χ3v) is 3.53. The second-order valence-electron chi connectivity index (χ2n) is 5.42. The number of hydrogen-bond donors (Lipinski definition) is 1. The van der Waals surface area contributed by atoms with Crippen LogP contribution in [0.3, 0.4) is 0 Å². The van der Waals surface area contributed by atoms with E-state index in [4.69, 9.17) is 0 Å². The number of nitrogens with one attached hydrogen (secondary N) is 1. The molecular weight excluding hydrogens is 453 g/mol. The van der Waals surface area contributed by atoms with E-state index in [-0.39, 0.29) is 29.7 Å². The molecule has 26 heavy (non-hydrogen) atoms. The molecule has 2 rings (SSSR count). The number of alkyl halides is 2. The van der Waals surface area contributed by atoms with Crippen molar-refractivity contribution in [3.8, 4) is 5.75 Å². The van der Waals surface area contributed by atoms with Gasteiger partial charge in [-0.2, -0.15) is 8.78 Å². The van der Waals surface area contributed by atoms with Crippen LogP contribution in [0.1, 0.15) is 11.3 Å². The van der Waals surface area contributed by atoms with Gasteiger partial charge in [-0.1, -0.05) is 18.2 Å². The van der Waals surface area contributed by atoms with Gasteiger partial charge >= 0.3 is 6.61 Å². The SMILES string of the molecule is CN=C(NCCc1ccccn1)N(C)Cc1ccc(OC(F)F)cc1.I. The number of halogens is 3. The van der Waals surface area contributed by atoms with Gasteiger partial charge in [0, 0.05) is 45.5 Å². The van der Waals surface area contributed by atoms with Crippen LogP contribution in [0.25, 0.3) is 0 Å². The average Bonchev–Trinajstić information content (AvgIpc) is 2.61. The molecule has 0 saturated carbocycles. The summed E-state index contributed by atoms with van der Waals surface area (Å²) in [5.74, 6) is 0.906. The number of ether oxygens (including phenoxy) is 1. The fourth-order valence-electron chi connectivity index (χ4n) is 2.36. The van der Waals surface area contributed by atoms with Crippen molar-refractivity contribution in [1.29, 1.82) is 0 Å². The van der Waals surface area contributed by atoms with Crippen molar-refractivity contribution in [1.82, 2.24) is 15.2 Å². The summed E-state index contributed by atoms with van der Waals surface area (Å²) in [6, 6.07) is 12.4. The Balaban J connectivity index is 0.00000338. The minimum Gasteiger partial charge on any atom is -0.435 e. The highest BCUT2D eigenvalue weighted by atomic mass is 127. The molecule has 0 unspecified atom stereocenters. The normalized spacial score (nSPS) is 11.0. The van der Waals surface area contributed by atoms with Crippen LogP contribution in [-0.2, 0) is 13.0 Å². The van der Waals surface area contributed by atoms with Gasteiger partial charge in [0.2, 0.25) is 0 Å². The molecule has 0 saturated heterocycles. The molecule has 0 aliphatic carbocycles. The molecule has 0 radical (unpaired) electrons. The van der Waals surface area contributed by atoms with E-state index in [9.17, 15) is 8.78 Å². The molecule has 0 spiro atoms. The summed E-state index contributed by atoms with van der Waals surface area (Å²) >= 11 is 0. The van der Waals surface area contributed by atoms with Gasteiger partial charge in [0.1, 0.15) is 5.75 Å². The summed E-state index contributed by atoms with van der Waals surface area (Å²) in [5.41, 5.74) is 1.99. The highest BCUT2D eigenvalue weighted by Gasteiger charge is 2.08. The minimum atomic E-state index is -2.81. The van der Waals surface area contributed by atoms with Crippen LogP contribution in [0.2, 0.25) is 0 Å². The van der Waals surface area contributed by atoms with E-state index >= 15 is 0 Å². The Morgan fingerprint density at radius 1 is 1.23 bits per heavy atom. The number of rotatable bonds is 7. The lowest BCUT2D eigenvalue weighted by Crippen LogP contribution is -2.39. The van der Waals surface area contributed by atoms with Crippen LogP contribution in [-0.4, -0.2) is 43.1 Å². The molecule has 1 N–H and O–H groups in total.